The monoisotopic (exact) mass is 1170 g/mol. The van der Waals surface area contributed by atoms with Gasteiger partial charge in [-0.05, 0) is 79.4 Å². The Kier molecular flexibility index (Phi) is 17.1. The largest absolute Gasteiger partial charge is 0.447 e. The Hall–Kier alpha value is -2.62. The van der Waals surface area contributed by atoms with Crippen molar-refractivity contribution < 1.29 is 78.9 Å². The van der Waals surface area contributed by atoms with E-state index in [1.54, 1.807) is 4.45 Å². The van der Waals surface area contributed by atoms with Crippen molar-refractivity contribution in [3.05, 3.63) is 28.6 Å². The third kappa shape index (κ3) is 16.4. The number of nitro groups is 1. The molecule has 0 bridgehead atoms. The second-order valence-electron chi connectivity index (χ2n) is 16.8. The van der Waals surface area contributed by atoms with Crippen LogP contribution >= 0.6 is 49.4 Å². The molecule has 0 atom stereocenters. The number of aromatic nitrogens is 6. The Labute approximate surface area is 404 Å². The number of carbonyl (C=O) groups is 2. The molecule has 0 saturated carbocycles. The van der Waals surface area contributed by atoms with Crippen LogP contribution in [0.2, 0.25) is 0 Å². The summed E-state index contributed by atoms with van der Waals surface area (Å²) < 4.78 is 161. The van der Waals surface area contributed by atoms with E-state index in [2.05, 4.69) is 71.1 Å². The third-order valence-electron chi connectivity index (χ3n) is 11.4. The SMILES string of the molecule is CN1CCN(C)[P+]1(N1CCCC1)n1cnc([N+](=O)[O-])n1.Cc1ncn([P+](N2CCCC2)(N2CCCC2)N2CCCC2)n1.F[P-](F)(F)(F)(F)F.F[P-](F)(F)(F)(F)F.O=C1OCCN1P(=O)(Cl)N1CCOC1=O. The van der Waals surface area contributed by atoms with Gasteiger partial charge in [0.25, 0.3) is 6.33 Å². The average Bonchev–Trinajstić information content (AvgIpc) is 4.07. The minimum atomic E-state index is -10.7. The van der Waals surface area contributed by atoms with Crippen molar-refractivity contribution in [1.29, 1.82) is 0 Å². The Morgan fingerprint density at radius 1 is 0.634 bits per heavy atom. The maximum atomic E-state index is 12.1. The van der Waals surface area contributed by atoms with Crippen LogP contribution in [0.15, 0.2) is 12.7 Å². The third-order valence-corrected chi connectivity index (χ3v) is 22.7. The van der Waals surface area contributed by atoms with E-state index in [0.29, 0.717) is 0 Å². The number of aryl methyl sites for hydroxylation is 1. The van der Waals surface area contributed by atoms with Crippen molar-refractivity contribution in [2.24, 2.45) is 0 Å². The van der Waals surface area contributed by atoms with Gasteiger partial charge < -0.3 is 19.6 Å². The van der Waals surface area contributed by atoms with Gasteiger partial charge in [-0.15, -0.1) is 33.1 Å². The van der Waals surface area contributed by atoms with Crippen LogP contribution in [0.25, 0.3) is 0 Å². The molecule has 71 heavy (non-hydrogen) atoms. The quantitative estimate of drug-likeness (QED) is 0.0992. The van der Waals surface area contributed by atoms with Crippen molar-refractivity contribution in [3.63, 3.8) is 0 Å². The number of cyclic esters (lactones) is 2. The molecule has 0 N–H and O–H groups in total. The molecule has 2 amide bonds. The summed E-state index contributed by atoms with van der Waals surface area (Å²) >= 11 is 5.74. The van der Waals surface area contributed by atoms with Gasteiger partial charge in [-0.3, -0.25) is 4.57 Å². The van der Waals surface area contributed by atoms with Crippen molar-refractivity contribution in [2.75, 3.05) is 106 Å². The van der Waals surface area contributed by atoms with E-state index in [4.69, 9.17) is 16.3 Å². The molecule has 22 nitrogen and oxygen atoms in total. The van der Waals surface area contributed by atoms with Crippen LogP contribution < -0.4 is 0 Å². The Balaban J connectivity index is 0.000000177. The van der Waals surface area contributed by atoms with Gasteiger partial charge in [-0.2, -0.15) is 0 Å². The molecule has 7 aliphatic heterocycles. The summed E-state index contributed by atoms with van der Waals surface area (Å²) in [6.07, 6.45) is 12.3. The number of rotatable bonds is 9. The van der Waals surface area contributed by atoms with Crippen molar-refractivity contribution in [2.45, 2.75) is 58.3 Å². The van der Waals surface area contributed by atoms with Gasteiger partial charge in [0.15, 0.2) is 12.2 Å². The topological polar surface area (TPSA) is 200 Å². The maximum Gasteiger partial charge on any atom is 0.417 e. The second-order valence-corrected chi connectivity index (χ2v) is 30.4. The van der Waals surface area contributed by atoms with Gasteiger partial charge in [0.2, 0.25) is 0 Å². The predicted molar refractivity (Wildman–Crippen MR) is 241 cm³/mol. The zero-order valence-corrected chi connectivity index (χ0v) is 43.7. The number of hydrogen-bond donors (Lipinski definition) is 0. The number of hydrogen-bond acceptors (Lipinski definition) is 17. The van der Waals surface area contributed by atoms with Gasteiger partial charge in [0.1, 0.15) is 13.2 Å². The van der Waals surface area contributed by atoms with Crippen LogP contribution in [0.4, 0.5) is 65.9 Å². The van der Waals surface area contributed by atoms with E-state index in [0.717, 1.165) is 41.3 Å². The fourth-order valence-corrected chi connectivity index (χ4v) is 20.0. The number of carbonyl (C=O) groups excluding carboxylic acids is 2. The van der Waals surface area contributed by atoms with E-state index in [1.807, 2.05) is 13.3 Å². The summed E-state index contributed by atoms with van der Waals surface area (Å²) in [5.74, 6) is 0.583. The number of ether oxygens (including phenoxy) is 2. The van der Waals surface area contributed by atoms with Gasteiger partial charge >= 0.3 is 107 Å². The standard InChI is InChI=1S/C15H28N6P.C10H19N7O2P.C6H8ClN2O5P.2F6P/c1-15-16-14-21(17-15)22(18-8-2-3-9-18,19-10-4-5-11-19)20-12-6-7-13-20;1-13-7-8-14(2)20(13,15-5-3-4-6-15)16-9-11-10(12-16)17(18)19;7-15(12,8-1-3-13-5(8)10)9-2-4-14-6(9)11;2*1-7(2,3,4,5)6/h14H,2-13H2,1H3;9H,3-8H2,1-2H3;1-4H2;;/q2*+1;;2*-1. The maximum absolute atomic E-state index is 12.1. The smallest absolute Gasteiger partial charge is 0.417 e. The summed E-state index contributed by atoms with van der Waals surface area (Å²) in [6.45, 7) is 10.0. The molecule has 412 valence electrons. The fraction of sp³-hybridized carbons (Fsp3) is 0.806. The normalized spacial score (nSPS) is 24.0. The van der Waals surface area contributed by atoms with E-state index in [9.17, 15) is 74.6 Å². The van der Waals surface area contributed by atoms with Gasteiger partial charge in [-0.25, -0.2) is 23.9 Å². The van der Waals surface area contributed by atoms with Crippen molar-refractivity contribution >= 4 is 67.5 Å². The molecule has 0 radical (unpaired) electrons. The average molecular weight is 1170 g/mol. The molecule has 7 aliphatic rings. The number of nitrogens with zero attached hydrogens (tertiary/aromatic N) is 15. The summed E-state index contributed by atoms with van der Waals surface area (Å²) in [5.41, 5.74) is 0. The van der Waals surface area contributed by atoms with Crippen LogP contribution in [-0.4, -0.2) is 189 Å². The minimum Gasteiger partial charge on any atom is -0.447 e. The first kappa shape index (κ1) is 59.3. The zero-order chi connectivity index (χ0) is 53.2. The van der Waals surface area contributed by atoms with E-state index < -0.39 is 55.3 Å². The Bertz CT molecular complexity index is 2130. The molecule has 7 saturated heterocycles. The summed E-state index contributed by atoms with van der Waals surface area (Å²) in [7, 11) is -20.9. The van der Waals surface area contributed by atoms with Crippen LogP contribution in [0.1, 0.15) is 57.2 Å². The molecule has 40 heteroatoms. The molecule has 9 heterocycles. The van der Waals surface area contributed by atoms with Gasteiger partial charge in [-0.1, -0.05) is 4.45 Å². The number of amides is 2. The van der Waals surface area contributed by atoms with Gasteiger partial charge in [0, 0.05) is 70.9 Å². The first-order chi connectivity index (χ1) is 32.3. The molecule has 2 aromatic rings. The molecule has 0 unspecified atom stereocenters. The first-order valence-corrected chi connectivity index (χ1v) is 31.6. The number of halogens is 13. The summed E-state index contributed by atoms with van der Waals surface area (Å²) in [4.78, 5) is 41.0. The van der Waals surface area contributed by atoms with Gasteiger partial charge in [0.05, 0.1) is 31.3 Å². The van der Waals surface area contributed by atoms with Crippen molar-refractivity contribution in [3.8, 4) is 0 Å². The Morgan fingerprint density at radius 2 is 1.00 bits per heavy atom. The summed E-state index contributed by atoms with van der Waals surface area (Å²) in [6, 6.07) is 0. The first-order valence-electron chi connectivity index (χ1n) is 21.8. The minimum absolute atomic E-state index is 0.114. The van der Waals surface area contributed by atoms with Crippen LogP contribution in [-0.2, 0) is 14.0 Å². The predicted octanol–water partition coefficient (Wildman–Crippen LogP) is 11.1. The van der Waals surface area contributed by atoms with Crippen LogP contribution in [0, 0.1) is 17.0 Å². The van der Waals surface area contributed by atoms with Crippen molar-refractivity contribution in [1.82, 2.24) is 66.4 Å². The molecule has 0 aromatic carbocycles. The molecule has 7 fully saturated rings. The molecular weight excluding hydrogens is 1110 g/mol. The fourth-order valence-electron chi connectivity index (χ4n) is 8.77. The molecule has 2 aromatic heterocycles. The van der Waals surface area contributed by atoms with E-state index in [-0.39, 0.29) is 32.3 Å². The van der Waals surface area contributed by atoms with Crippen LogP contribution in [0.5, 0.6) is 0 Å². The molecule has 0 aliphatic carbocycles. The molecule has 9 rings (SSSR count). The molecular formula is C31H55ClF12N15O7P5. The van der Waals surface area contributed by atoms with E-state index in [1.165, 1.54) is 97.0 Å². The zero-order valence-electron chi connectivity index (χ0n) is 38.4. The molecule has 0 spiro atoms. The number of likely N-dealkylation sites (N-methyl/N-ethyl adjacent to an activating group) is 2. The Morgan fingerprint density at radius 3 is 1.30 bits per heavy atom. The van der Waals surface area contributed by atoms with Crippen LogP contribution in [0.3, 0.4) is 0 Å². The summed E-state index contributed by atoms with van der Waals surface area (Å²) in [5, 5.41) is 19.8. The second kappa shape index (κ2) is 20.5. The van der Waals surface area contributed by atoms with E-state index >= 15 is 0 Å².